The summed E-state index contributed by atoms with van der Waals surface area (Å²) in [6.45, 7) is 3.22. The van der Waals surface area contributed by atoms with Gasteiger partial charge in [0, 0.05) is 25.7 Å². The second kappa shape index (κ2) is 8.14. The maximum absolute atomic E-state index is 12.0. The van der Waals surface area contributed by atoms with Crippen LogP contribution in [0, 0.1) is 6.92 Å². The highest BCUT2D eigenvalue weighted by Crippen LogP contribution is 2.25. The summed E-state index contributed by atoms with van der Waals surface area (Å²) in [7, 11) is 1.59. The van der Waals surface area contributed by atoms with Crippen LogP contribution in [0.3, 0.4) is 0 Å². The number of hydrogen-bond donors (Lipinski definition) is 2. The van der Waals surface area contributed by atoms with E-state index in [9.17, 15) is 4.79 Å². The Hall–Kier alpha value is -2.40. The maximum Gasteiger partial charge on any atom is 0.225 e. The normalized spacial score (nSPS) is 10.3. The zero-order chi connectivity index (χ0) is 15.8. The second-order valence-electron chi connectivity index (χ2n) is 5.00. The Balaban J connectivity index is 1.77. The van der Waals surface area contributed by atoms with Crippen molar-refractivity contribution in [3.8, 4) is 5.75 Å². The number of aryl methyl sites for hydroxylation is 1. The molecule has 1 aromatic carbocycles. The van der Waals surface area contributed by atoms with Crippen LogP contribution in [-0.2, 0) is 11.3 Å². The number of carbonyl (C=O) groups excluding carboxylic acids is 1. The molecule has 0 spiro atoms. The number of anilines is 1. The quantitative estimate of drug-likeness (QED) is 0.771. The predicted molar refractivity (Wildman–Crippen MR) is 86.9 cm³/mol. The lowest BCUT2D eigenvalue weighted by molar-refractivity contribution is -0.116. The van der Waals surface area contributed by atoms with Crippen molar-refractivity contribution in [2.75, 3.05) is 19.0 Å². The van der Waals surface area contributed by atoms with Crippen LogP contribution >= 0.6 is 0 Å². The summed E-state index contributed by atoms with van der Waals surface area (Å²) < 4.78 is 5.25. The second-order valence-corrected chi connectivity index (χ2v) is 5.00. The highest BCUT2D eigenvalue weighted by molar-refractivity contribution is 5.92. The van der Waals surface area contributed by atoms with E-state index in [1.807, 2.05) is 43.3 Å². The van der Waals surface area contributed by atoms with Crippen molar-refractivity contribution in [1.82, 2.24) is 10.3 Å². The topological polar surface area (TPSA) is 63.2 Å². The third-order valence-corrected chi connectivity index (χ3v) is 3.19. The molecule has 0 aliphatic rings. The van der Waals surface area contributed by atoms with Crippen LogP contribution in [0.1, 0.15) is 17.7 Å². The van der Waals surface area contributed by atoms with Gasteiger partial charge in [-0.05, 0) is 36.8 Å². The Morgan fingerprint density at radius 2 is 2.14 bits per heavy atom. The summed E-state index contributed by atoms with van der Waals surface area (Å²) >= 11 is 0. The fourth-order valence-electron chi connectivity index (χ4n) is 2.05. The molecule has 1 amide bonds. The number of benzene rings is 1. The number of aromatic nitrogens is 1. The monoisotopic (exact) mass is 299 g/mol. The summed E-state index contributed by atoms with van der Waals surface area (Å²) in [6.07, 6.45) is 2.15. The highest BCUT2D eigenvalue weighted by Gasteiger charge is 2.07. The standard InChI is InChI=1S/C17H21N3O2/c1-13-6-7-16(22-2)15(11-13)20-17(21)8-10-18-12-14-5-3-4-9-19-14/h3-7,9,11,18H,8,10,12H2,1-2H3,(H,20,21). The Morgan fingerprint density at radius 3 is 2.86 bits per heavy atom. The third kappa shape index (κ3) is 4.86. The number of nitrogens with zero attached hydrogens (tertiary/aromatic N) is 1. The third-order valence-electron chi connectivity index (χ3n) is 3.19. The van der Waals surface area contributed by atoms with Crippen molar-refractivity contribution in [1.29, 1.82) is 0 Å². The Morgan fingerprint density at radius 1 is 1.27 bits per heavy atom. The van der Waals surface area contributed by atoms with Gasteiger partial charge in [-0.15, -0.1) is 0 Å². The van der Waals surface area contributed by atoms with Crippen molar-refractivity contribution in [2.24, 2.45) is 0 Å². The van der Waals surface area contributed by atoms with Gasteiger partial charge in [0.25, 0.3) is 0 Å². The van der Waals surface area contributed by atoms with Crippen molar-refractivity contribution in [2.45, 2.75) is 19.9 Å². The predicted octanol–water partition coefficient (Wildman–Crippen LogP) is 2.52. The van der Waals surface area contributed by atoms with Gasteiger partial charge in [0.2, 0.25) is 5.91 Å². The molecule has 5 nitrogen and oxygen atoms in total. The van der Waals surface area contributed by atoms with E-state index < -0.39 is 0 Å². The number of hydrogen-bond acceptors (Lipinski definition) is 4. The molecule has 116 valence electrons. The van der Waals surface area contributed by atoms with Crippen LogP contribution in [0.15, 0.2) is 42.6 Å². The molecule has 0 bridgehead atoms. The number of carbonyl (C=O) groups is 1. The zero-order valence-corrected chi connectivity index (χ0v) is 12.9. The SMILES string of the molecule is COc1ccc(C)cc1NC(=O)CCNCc1ccccn1. The van der Waals surface area contributed by atoms with Crippen molar-refractivity contribution < 1.29 is 9.53 Å². The molecule has 0 unspecified atom stereocenters. The molecular weight excluding hydrogens is 278 g/mol. The number of ether oxygens (including phenoxy) is 1. The molecule has 22 heavy (non-hydrogen) atoms. The first-order valence-corrected chi connectivity index (χ1v) is 7.24. The van der Waals surface area contributed by atoms with Gasteiger partial charge in [-0.25, -0.2) is 0 Å². The number of rotatable bonds is 7. The van der Waals surface area contributed by atoms with Gasteiger partial charge in [-0.3, -0.25) is 9.78 Å². The lowest BCUT2D eigenvalue weighted by Gasteiger charge is -2.11. The van der Waals surface area contributed by atoms with E-state index in [0.717, 1.165) is 11.3 Å². The average Bonchev–Trinajstić information content (AvgIpc) is 2.53. The molecule has 0 atom stereocenters. The fourth-order valence-corrected chi connectivity index (χ4v) is 2.05. The van der Waals surface area contributed by atoms with E-state index in [4.69, 9.17) is 4.74 Å². The minimum absolute atomic E-state index is 0.0441. The van der Waals surface area contributed by atoms with Crippen LogP contribution in [0.25, 0.3) is 0 Å². The number of pyridine rings is 1. The largest absolute Gasteiger partial charge is 0.495 e. The number of methoxy groups -OCH3 is 1. The molecule has 2 N–H and O–H groups in total. The lowest BCUT2D eigenvalue weighted by Crippen LogP contribution is -2.22. The molecule has 1 aromatic heterocycles. The molecule has 0 fully saturated rings. The first-order valence-electron chi connectivity index (χ1n) is 7.24. The minimum Gasteiger partial charge on any atom is -0.495 e. The molecule has 0 aliphatic heterocycles. The van der Waals surface area contributed by atoms with E-state index in [-0.39, 0.29) is 5.91 Å². The summed E-state index contributed by atoms with van der Waals surface area (Å²) in [5.41, 5.74) is 2.74. The van der Waals surface area contributed by atoms with Crippen LogP contribution < -0.4 is 15.4 Å². The molecule has 0 saturated heterocycles. The van der Waals surface area contributed by atoms with Crippen LogP contribution in [0.2, 0.25) is 0 Å². The Kier molecular flexibility index (Phi) is 5.91. The van der Waals surface area contributed by atoms with E-state index in [1.165, 1.54) is 0 Å². The minimum atomic E-state index is -0.0441. The molecular formula is C17H21N3O2. The maximum atomic E-state index is 12.0. The molecule has 1 heterocycles. The molecule has 2 rings (SSSR count). The van der Waals surface area contributed by atoms with Crippen molar-refractivity contribution in [3.05, 3.63) is 53.9 Å². The highest BCUT2D eigenvalue weighted by atomic mass is 16.5. The van der Waals surface area contributed by atoms with Gasteiger partial charge in [0.15, 0.2) is 0 Å². The Bertz CT molecular complexity index is 615. The summed E-state index contributed by atoms with van der Waals surface area (Å²) in [5, 5.41) is 6.09. The van der Waals surface area contributed by atoms with Gasteiger partial charge in [0.05, 0.1) is 18.5 Å². The smallest absolute Gasteiger partial charge is 0.225 e. The summed E-state index contributed by atoms with van der Waals surface area (Å²) in [5.74, 6) is 0.623. The molecule has 0 saturated carbocycles. The lowest BCUT2D eigenvalue weighted by atomic mass is 10.2. The molecule has 2 aromatic rings. The van der Waals surface area contributed by atoms with Gasteiger partial charge in [0.1, 0.15) is 5.75 Å². The molecule has 0 aliphatic carbocycles. The van der Waals surface area contributed by atoms with Gasteiger partial charge < -0.3 is 15.4 Å². The summed E-state index contributed by atoms with van der Waals surface area (Å²) in [6, 6.07) is 11.5. The van der Waals surface area contributed by atoms with E-state index in [1.54, 1.807) is 13.3 Å². The van der Waals surface area contributed by atoms with Crippen LogP contribution in [0.4, 0.5) is 5.69 Å². The van der Waals surface area contributed by atoms with Crippen LogP contribution in [0.5, 0.6) is 5.75 Å². The van der Waals surface area contributed by atoms with Gasteiger partial charge in [-0.1, -0.05) is 12.1 Å². The van der Waals surface area contributed by atoms with E-state index in [2.05, 4.69) is 15.6 Å². The van der Waals surface area contributed by atoms with E-state index >= 15 is 0 Å². The first-order chi connectivity index (χ1) is 10.7. The van der Waals surface area contributed by atoms with Crippen molar-refractivity contribution in [3.63, 3.8) is 0 Å². The van der Waals surface area contributed by atoms with Crippen LogP contribution in [-0.4, -0.2) is 24.5 Å². The van der Waals surface area contributed by atoms with Crippen molar-refractivity contribution >= 4 is 11.6 Å². The number of amides is 1. The average molecular weight is 299 g/mol. The van der Waals surface area contributed by atoms with E-state index in [0.29, 0.717) is 30.9 Å². The Labute approximate surface area is 130 Å². The van der Waals surface area contributed by atoms with Gasteiger partial charge in [-0.2, -0.15) is 0 Å². The van der Waals surface area contributed by atoms with Gasteiger partial charge >= 0.3 is 0 Å². The molecule has 0 radical (unpaired) electrons. The fraction of sp³-hybridized carbons (Fsp3) is 0.294. The summed E-state index contributed by atoms with van der Waals surface area (Å²) in [4.78, 5) is 16.2. The zero-order valence-electron chi connectivity index (χ0n) is 12.9. The molecule has 5 heteroatoms. The number of nitrogens with one attached hydrogen (secondary N) is 2. The first kappa shape index (κ1) is 16.0.